The highest BCUT2D eigenvalue weighted by atomic mass is 16.5. The predicted octanol–water partition coefficient (Wildman–Crippen LogP) is -0.0177. The summed E-state index contributed by atoms with van der Waals surface area (Å²) in [7, 11) is 1.50. The van der Waals surface area contributed by atoms with Crippen LogP contribution in [-0.2, 0) is 14.3 Å². The maximum Gasteiger partial charge on any atom is 0.326 e. The minimum absolute atomic E-state index is 0.317. The van der Waals surface area contributed by atoms with E-state index in [-0.39, 0.29) is 0 Å². The Kier molecular flexibility index (Phi) is 6.23. The largest absolute Gasteiger partial charge is 0.481 e. The Morgan fingerprint density at radius 1 is 1.35 bits per heavy atom. The smallest absolute Gasteiger partial charge is 0.326 e. The van der Waals surface area contributed by atoms with Gasteiger partial charge < -0.3 is 25.2 Å². The zero-order chi connectivity index (χ0) is 15.1. The van der Waals surface area contributed by atoms with Crippen molar-refractivity contribution in [1.29, 1.82) is 0 Å². The first kappa shape index (κ1) is 16.2. The summed E-state index contributed by atoms with van der Waals surface area (Å²) in [4.78, 5) is 34.3. The topological polar surface area (TPSA) is 116 Å². The molecule has 1 rings (SSSR count). The second-order valence-corrected chi connectivity index (χ2v) is 4.88. The Morgan fingerprint density at radius 2 is 2.00 bits per heavy atom. The molecule has 20 heavy (non-hydrogen) atoms. The maximum absolute atomic E-state index is 11.7. The van der Waals surface area contributed by atoms with Crippen molar-refractivity contribution < 1.29 is 29.3 Å². The van der Waals surface area contributed by atoms with Crippen LogP contribution in [0.2, 0.25) is 0 Å². The van der Waals surface area contributed by atoms with E-state index >= 15 is 0 Å². The van der Waals surface area contributed by atoms with Gasteiger partial charge in [-0.1, -0.05) is 0 Å². The molecule has 1 aliphatic rings. The highest BCUT2D eigenvalue weighted by Crippen LogP contribution is 2.28. The molecule has 0 aromatic carbocycles. The number of carbonyl (C=O) groups excluding carboxylic acids is 1. The molecule has 2 amide bonds. The van der Waals surface area contributed by atoms with E-state index in [0.717, 1.165) is 0 Å². The monoisotopic (exact) mass is 288 g/mol. The first-order valence-electron chi connectivity index (χ1n) is 6.44. The second-order valence-electron chi connectivity index (χ2n) is 4.88. The lowest BCUT2D eigenvalue weighted by Crippen LogP contribution is -2.48. The lowest BCUT2D eigenvalue weighted by atomic mass is 10.2. The van der Waals surface area contributed by atoms with Gasteiger partial charge in [0.05, 0.1) is 13.0 Å². The number of amides is 2. The van der Waals surface area contributed by atoms with E-state index in [9.17, 15) is 14.4 Å². The van der Waals surface area contributed by atoms with E-state index in [1.54, 1.807) is 0 Å². The van der Waals surface area contributed by atoms with Crippen molar-refractivity contribution in [3.63, 3.8) is 0 Å². The van der Waals surface area contributed by atoms with Crippen LogP contribution in [0, 0.1) is 5.92 Å². The number of carboxylic acids is 2. The van der Waals surface area contributed by atoms with Crippen molar-refractivity contribution in [3.05, 3.63) is 0 Å². The molecule has 8 nitrogen and oxygen atoms in total. The van der Waals surface area contributed by atoms with Crippen LogP contribution in [0.5, 0.6) is 0 Å². The first-order chi connectivity index (χ1) is 9.40. The Morgan fingerprint density at radius 3 is 2.50 bits per heavy atom. The summed E-state index contributed by atoms with van der Waals surface area (Å²) in [6, 6.07) is -2.07. The molecule has 0 aromatic rings. The van der Waals surface area contributed by atoms with Crippen LogP contribution in [0.25, 0.3) is 0 Å². The molecule has 1 aliphatic carbocycles. The third kappa shape index (κ3) is 6.37. The number of carboxylic acid groups (broad SMARTS) is 2. The molecule has 8 heteroatoms. The van der Waals surface area contributed by atoms with Gasteiger partial charge in [-0.2, -0.15) is 0 Å². The first-order valence-corrected chi connectivity index (χ1v) is 6.44. The molecule has 1 fully saturated rings. The van der Waals surface area contributed by atoms with Gasteiger partial charge in [-0.15, -0.1) is 0 Å². The van der Waals surface area contributed by atoms with Crippen LogP contribution >= 0.6 is 0 Å². The average Bonchev–Trinajstić information content (AvgIpc) is 3.16. The third-order valence-corrected chi connectivity index (χ3v) is 2.94. The summed E-state index contributed by atoms with van der Waals surface area (Å²) in [6.45, 7) is 1.38. The number of hydrogen-bond donors (Lipinski definition) is 3. The van der Waals surface area contributed by atoms with E-state index in [0.29, 0.717) is 25.7 Å². The van der Waals surface area contributed by atoms with Crippen molar-refractivity contribution in [3.8, 4) is 0 Å². The molecule has 3 N–H and O–H groups in total. The lowest BCUT2D eigenvalue weighted by Gasteiger charge is -2.20. The van der Waals surface area contributed by atoms with Gasteiger partial charge in [0.25, 0.3) is 0 Å². The van der Waals surface area contributed by atoms with Crippen molar-refractivity contribution in [2.24, 2.45) is 5.92 Å². The molecule has 0 heterocycles. The van der Waals surface area contributed by atoms with Gasteiger partial charge in [-0.05, 0) is 18.8 Å². The normalized spacial score (nSPS) is 15.4. The maximum atomic E-state index is 11.7. The Bertz CT molecular complexity index is 369. The van der Waals surface area contributed by atoms with Crippen LogP contribution in [0.4, 0.5) is 4.79 Å². The van der Waals surface area contributed by atoms with Crippen molar-refractivity contribution in [1.82, 2.24) is 10.2 Å². The van der Waals surface area contributed by atoms with Crippen LogP contribution in [0.3, 0.4) is 0 Å². The quantitative estimate of drug-likeness (QED) is 0.513. The van der Waals surface area contributed by atoms with Crippen molar-refractivity contribution in [2.45, 2.75) is 25.3 Å². The van der Waals surface area contributed by atoms with Gasteiger partial charge in [0, 0.05) is 20.2 Å². The fourth-order valence-electron chi connectivity index (χ4n) is 1.47. The van der Waals surface area contributed by atoms with E-state index in [1.165, 1.54) is 24.8 Å². The van der Waals surface area contributed by atoms with Crippen LogP contribution in [0.15, 0.2) is 0 Å². The molecular weight excluding hydrogens is 268 g/mol. The van der Waals surface area contributed by atoms with E-state index < -0.39 is 30.4 Å². The van der Waals surface area contributed by atoms with Gasteiger partial charge in [0.2, 0.25) is 0 Å². The zero-order valence-electron chi connectivity index (χ0n) is 11.4. The number of urea groups is 1. The van der Waals surface area contributed by atoms with Crippen molar-refractivity contribution in [2.75, 3.05) is 26.8 Å². The number of rotatable bonds is 9. The molecule has 1 atom stereocenters. The molecule has 0 aromatic heterocycles. The highest BCUT2D eigenvalue weighted by molar-refractivity contribution is 5.86. The SMILES string of the molecule is CN(CCOCC1CC1)C(=O)N[C@@H](CC(=O)O)C(=O)O. The average molecular weight is 288 g/mol. The minimum atomic E-state index is -1.44. The third-order valence-electron chi connectivity index (χ3n) is 2.94. The number of likely N-dealkylation sites (N-methyl/N-ethyl adjacent to an activating group) is 1. The molecular formula is C12H20N2O6. The number of hydrogen-bond acceptors (Lipinski definition) is 4. The number of aliphatic carboxylic acids is 2. The highest BCUT2D eigenvalue weighted by Gasteiger charge is 2.24. The summed E-state index contributed by atoms with van der Waals surface area (Å²) in [5.41, 5.74) is 0. The fraction of sp³-hybridized carbons (Fsp3) is 0.750. The summed E-state index contributed by atoms with van der Waals surface area (Å²) in [6.07, 6.45) is 1.71. The second kappa shape index (κ2) is 7.68. The predicted molar refractivity (Wildman–Crippen MR) is 68.4 cm³/mol. The molecule has 114 valence electrons. The number of ether oxygens (including phenoxy) is 1. The minimum Gasteiger partial charge on any atom is -0.481 e. The molecule has 0 aliphatic heterocycles. The van der Waals surface area contributed by atoms with Crippen LogP contribution in [-0.4, -0.2) is 65.9 Å². The number of nitrogens with one attached hydrogen (secondary N) is 1. The molecule has 0 radical (unpaired) electrons. The van der Waals surface area contributed by atoms with E-state index in [4.69, 9.17) is 14.9 Å². The lowest BCUT2D eigenvalue weighted by molar-refractivity contribution is -0.145. The summed E-state index contributed by atoms with van der Waals surface area (Å²) >= 11 is 0. The van der Waals surface area contributed by atoms with Gasteiger partial charge in [-0.3, -0.25) is 4.79 Å². The molecule has 0 spiro atoms. The summed E-state index contributed by atoms with van der Waals surface area (Å²) in [5, 5.41) is 19.5. The molecule has 0 saturated heterocycles. The molecule has 1 saturated carbocycles. The van der Waals surface area contributed by atoms with Crippen LogP contribution in [0.1, 0.15) is 19.3 Å². The number of nitrogens with zero attached hydrogens (tertiary/aromatic N) is 1. The van der Waals surface area contributed by atoms with Gasteiger partial charge in [0.1, 0.15) is 6.04 Å². The Balaban J connectivity index is 2.26. The number of carbonyl (C=O) groups is 3. The van der Waals surface area contributed by atoms with Gasteiger partial charge in [0.15, 0.2) is 0 Å². The fourth-order valence-corrected chi connectivity index (χ4v) is 1.47. The van der Waals surface area contributed by atoms with Gasteiger partial charge in [-0.25, -0.2) is 9.59 Å². The molecule has 0 unspecified atom stereocenters. The summed E-state index contributed by atoms with van der Waals surface area (Å²) < 4.78 is 5.36. The van der Waals surface area contributed by atoms with Crippen molar-refractivity contribution >= 4 is 18.0 Å². The van der Waals surface area contributed by atoms with E-state index in [1.807, 2.05) is 0 Å². The Labute approximate surface area is 116 Å². The van der Waals surface area contributed by atoms with E-state index in [2.05, 4.69) is 5.32 Å². The summed E-state index contributed by atoms with van der Waals surface area (Å²) in [5.74, 6) is -2.02. The molecule has 0 bridgehead atoms. The zero-order valence-corrected chi connectivity index (χ0v) is 11.4. The Hall–Kier alpha value is -1.83. The standard InChI is InChI=1S/C12H20N2O6/c1-14(4-5-20-7-8-2-3-8)12(19)13-9(11(17)18)6-10(15)16/h8-9H,2-7H2,1H3,(H,13,19)(H,15,16)(H,17,18)/t9-/m0/s1. The van der Waals surface area contributed by atoms with Crippen LogP contribution < -0.4 is 5.32 Å². The van der Waals surface area contributed by atoms with Gasteiger partial charge >= 0.3 is 18.0 Å².